The maximum atomic E-state index is 12.3. The van der Waals surface area contributed by atoms with Crippen molar-refractivity contribution in [1.82, 2.24) is 0 Å². The third-order valence-electron chi connectivity index (χ3n) is 4.32. The first-order chi connectivity index (χ1) is 14.0. The number of ether oxygens (including phenoxy) is 4. The van der Waals surface area contributed by atoms with Crippen LogP contribution in [0.25, 0.3) is 0 Å². The summed E-state index contributed by atoms with van der Waals surface area (Å²) in [6.45, 7) is 1.22. The summed E-state index contributed by atoms with van der Waals surface area (Å²) in [5, 5.41) is 0. The zero-order chi connectivity index (χ0) is 20.6. The Morgan fingerprint density at radius 2 is 1.45 bits per heavy atom. The standard InChI is InChI=1S/C22H22O7/c1-15(23)27-20-13-18(29-22(25)17-10-6-3-7-11-17)12-19(28-20)14-26-21(24)16-8-4-2-5-9-16/h2-11,18-20H,12-14H2,1H3/t18-,19+,20+/m1/s1. The van der Waals surface area contributed by atoms with E-state index in [0.29, 0.717) is 17.5 Å². The second-order valence-corrected chi connectivity index (χ2v) is 6.63. The number of esters is 3. The molecule has 3 atom stereocenters. The molecule has 3 rings (SSSR count). The molecule has 7 heteroatoms. The van der Waals surface area contributed by atoms with Crippen molar-refractivity contribution in [3.05, 3.63) is 71.8 Å². The molecule has 1 aliphatic rings. The highest BCUT2D eigenvalue weighted by Gasteiger charge is 2.34. The Bertz CT molecular complexity index is 835. The van der Waals surface area contributed by atoms with E-state index in [1.807, 2.05) is 0 Å². The molecule has 0 amide bonds. The number of rotatable bonds is 6. The normalized spacial score (nSPS) is 21.1. The van der Waals surface area contributed by atoms with Gasteiger partial charge in [0, 0.05) is 19.8 Å². The number of hydrogen-bond donors (Lipinski definition) is 0. The van der Waals surface area contributed by atoms with Crippen LogP contribution < -0.4 is 0 Å². The van der Waals surface area contributed by atoms with Crippen molar-refractivity contribution in [2.24, 2.45) is 0 Å². The molecule has 0 aromatic heterocycles. The summed E-state index contributed by atoms with van der Waals surface area (Å²) in [7, 11) is 0. The van der Waals surface area contributed by atoms with Gasteiger partial charge in [0.05, 0.1) is 17.2 Å². The van der Waals surface area contributed by atoms with Gasteiger partial charge < -0.3 is 18.9 Å². The molecule has 2 aromatic rings. The molecule has 0 bridgehead atoms. The summed E-state index contributed by atoms with van der Waals surface area (Å²) in [6, 6.07) is 17.2. The Kier molecular flexibility index (Phi) is 6.97. The van der Waals surface area contributed by atoms with Crippen LogP contribution in [0.2, 0.25) is 0 Å². The molecular weight excluding hydrogens is 376 g/mol. The van der Waals surface area contributed by atoms with Gasteiger partial charge in [-0.15, -0.1) is 0 Å². The number of benzene rings is 2. The smallest absolute Gasteiger partial charge is 0.338 e. The quantitative estimate of drug-likeness (QED) is 0.546. The van der Waals surface area contributed by atoms with E-state index in [9.17, 15) is 14.4 Å². The Labute approximate surface area is 168 Å². The average Bonchev–Trinajstić information content (AvgIpc) is 2.72. The van der Waals surface area contributed by atoms with E-state index in [0.717, 1.165) is 0 Å². The van der Waals surface area contributed by atoms with Gasteiger partial charge >= 0.3 is 17.9 Å². The zero-order valence-corrected chi connectivity index (χ0v) is 16.0. The summed E-state index contributed by atoms with van der Waals surface area (Å²) in [6.07, 6.45) is -1.47. The van der Waals surface area contributed by atoms with E-state index in [1.165, 1.54) is 6.92 Å². The van der Waals surface area contributed by atoms with Crippen molar-refractivity contribution in [3.8, 4) is 0 Å². The highest BCUT2D eigenvalue weighted by molar-refractivity contribution is 5.89. The molecule has 1 fully saturated rings. The Balaban J connectivity index is 1.61. The van der Waals surface area contributed by atoms with Crippen LogP contribution in [0.5, 0.6) is 0 Å². The first-order valence-electron chi connectivity index (χ1n) is 9.32. The minimum absolute atomic E-state index is 0.0507. The zero-order valence-electron chi connectivity index (χ0n) is 16.0. The molecule has 7 nitrogen and oxygen atoms in total. The van der Waals surface area contributed by atoms with Crippen LogP contribution >= 0.6 is 0 Å². The van der Waals surface area contributed by atoms with Crippen molar-refractivity contribution in [2.45, 2.75) is 38.3 Å². The topological polar surface area (TPSA) is 88.1 Å². The Morgan fingerprint density at radius 3 is 2.03 bits per heavy atom. The fraction of sp³-hybridized carbons (Fsp3) is 0.318. The van der Waals surface area contributed by atoms with Crippen LogP contribution in [-0.4, -0.2) is 43.0 Å². The van der Waals surface area contributed by atoms with Gasteiger partial charge in [0.15, 0.2) is 0 Å². The Morgan fingerprint density at radius 1 is 0.862 bits per heavy atom. The van der Waals surface area contributed by atoms with E-state index in [4.69, 9.17) is 18.9 Å². The van der Waals surface area contributed by atoms with Crippen LogP contribution in [0.1, 0.15) is 40.5 Å². The molecule has 2 aromatic carbocycles. The van der Waals surface area contributed by atoms with Gasteiger partial charge in [-0.25, -0.2) is 9.59 Å². The predicted molar refractivity (Wildman–Crippen MR) is 102 cm³/mol. The van der Waals surface area contributed by atoms with Gasteiger partial charge in [0.1, 0.15) is 12.7 Å². The van der Waals surface area contributed by atoms with Crippen molar-refractivity contribution >= 4 is 17.9 Å². The van der Waals surface area contributed by atoms with Gasteiger partial charge in [-0.3, -0.25) is 4.79 Å². The van der Waals surface area contributed by atoms with Gasteiger partial charge in [0.25, 0.3) is 0 Å². The summed E-state index contributed by atoms with van der Waals surface area (Å²) in [4.78, 5) is 35.8. The van der Waals surface area contributed by atoms with Crippen LogP contribution in [0.15, 0.2) is 60.7 Å². The van der Waals surface area contributed by atoms with E-state index in [1.54, 1.807) is 60.7 Å². The predicted octanol–water partition coefficient (Wildman–Crippen LogP) is 3.14. The fourth-order valence-electron chi connectivity index (χ4n) is 3.01. The van der Waals surface area contributed by atoms with Gasteiger partial charge in [-0.05, 0) is 24.3 Å². The highest BCUT2D eigenvalue weighted by atomic mass is 16.7. The second kappa shape index (κ2) is 9.84. The van der Waals surface area contributed by atoms with E-state index < -0.39 is 36.4 Å². The molecular formula is C22H22O7. The molecule has 1 aliphatic heterocycles. The van der Waals surface area contributed by atoms with Gasteiger partial charge in [-0.1, -0.05) is 36.4 Å². The SMILES string of the molecule is CC(=O)O[C@@H]1C[C@H](OC(=O)c2ccccc2)C[C@@H](COC(=O)c2ccccc2)O1. The molecule has 0 saturated carbocycles. The third-order valence-corrected chi connectivity index (χ3v) is 4.32. The van der Waals surface area contributed by atoms with E-state index in [-0.39, 0.29) is 13.0 Å². The lowest BCUT2D eigenvalue weighted by Gasteiger charge is -2.34. The lowest BCUT2D eigenvalue weighted by Crippen LogP contribution is -2.42. The number of hydrogen-bond acceptors (Lipinski definition) is 7. The van der Waals surface area contributed by atoms with Crippen LogP contribution in [0.3, 0.4) is 0 Å². The van der Waals surface area contributed by atoms with Crippen molar-refractivity contribution in [1.29, 1.82) is 0 Å². The van der Waals surface area contributed by atoms with Crippen molar-refractivity contribution in [3.63, 3.8) is 0 Å². The van der Waals surface area contributed by atoms with E-state index in [2.05, 4.69) is 0 Å². The maximum Gasteiger partial charge on any atom is 0.338 e. The fourth-order valence-corrected chi connectivity index (χ4v) is 3.01. The summed E-state index contributed by atoms with van der Waals surface area (Å²) < 4.78 is 21.7. The van der Waals surface area contributed by atoms with Crippen molar-refractivity contribution < 1.29 is 33.3 Å². The van der Waals surface area contributed by atoms with Gasteiger partial charge in [0.2, 0.25) is 6.29 Å². The maximum absolute atomic E-state index is 12.3. The average molecular weight is 398 g/mol. The number of carbonyl (C=O) groups excluding carboxylic acids is 3. The molecule has 152 valence electrons. The van der Waals surface area contributed by atoms with Crippen molar-refractivity contribution in [2.75, 3.05) is 6.61 Å². The third kappa shape index (κ3) is 6.15. The summed E-state index contributed by atoms with van der Waals surface area (Å²) in [5.74, 6) is -1.47. The minimum atomic E-state index is -0.879. The largest absolute Gasteiger partial charge is 0.459 e. The molecule has 0 aliphatic carbocycles. The summed E-state index contributed by atoms with van der Waals surface area (Å²) in [5.41, 5.74) is 0.849. The molecule has 29 heavy (non-hydrogen) atoms. The highest BCUT2D eigenvalue weighted by Crippen LogP contribution is 2.25. The molecule has 0 N–H and O–H groups in total. The van der Waals surface area contributed by atoms with Gasteiger partial charge in [-0.2, -0.15) is 0 Å². The minimum Gasteiger partial charge on any atom is -0.459 e. The monoisotopic (exact) mass is 398 g/mol. The Hall–Kier alpha value is -3.19. The second-order valence-electron chi connectivity index (χ2n) is 6.63. The molecule has 1 saturated heterocycles. The first kappa shape index (κ1) is 20.5. The van der Waals surface area contributed by atoms with E-state index >= 15 is 0 Å². The lowest BCUT2D eigenvalue weighted by atomic mass is 10.0. The molecule has 0 unspecified atom stereocenters. The first-order valence-corrected chi connectivity index (χ1v) is 9.32. The number of carbonyl (C=O) groups is 3. The molecule has 1 heterocycles. The summed E-state index contributed by atoms with van der Waals surface area (Å²) >= 11 is 0. The van der Waals surface area contributed by atoms with Crippen LogP contribution in [0, 0.1) is 0 Å². The molecule has 0 radical (unpaired) electrons. The lowest BCUT2D eigenvalue weighted by molar-refractivity contribution is -0.219. The van der Waals surface area contributed by atoms with Crippen LogP contribution in [0.4, 0.5) is 0 Å². The van der Waals surface area contributed by atoms with Crippen LogP contribution in [-0.2, 0) is 23.7 Å². The molecule has 0 spiro atoms.